The first kappa shape index (κ1) is 16.4. The van der Waals surface area contributed by atoms with Crippen molar-refractivity contribution in [3.05, 3.63) is 28.9 Å². The van der Waals surface area contributed by atoms with Gasteiger partial charge in [-0.2, -0.15) is 0 Å². The summed E-state index contributed by atoms with van der Waals surface area (Å²) in [5, 5.41) is 4.39. The first-order valence-electron chi connectivity index (χ1n) is 7.63. The van der Waals surface area contributed by atoms with E-state index < -0.39 is 7.12 Å². The average Bonchev–Trinajstić information content (AvgIpc) is 2.86. The molecular formula is C16H20BClN2O3. The molecule has 1 fully saturated rings. The lowest BCUT2D eigenvalue weighted by atomic mass is 9.75. The van der Waals surface area contributed by atoms with Crippen LogP contribution in [-0.4, -0.2) is 31.2 Å². The summed E-state index contributed by atoms with van der Waals surface area (Å²) in [7, 11) is -0.443. The topological polar surface area (TPSA) is 63.4 Å². The molecule has 1 amide bonds. The summed E-state index contributed by atoms with van der Waals surface area (Å²) in [6, 6.07) is 5.83. The third kappa shape index (κ3) is 3.71. The minimum Gasteiger partial charge on any atom is -0.407 e. The van der Waals surface area contributed by atoms with Crippen molar-refractivity contribution in [1.29, 1.82) is 0 Å². The third-order valence-corrected chi connectivity index (χ3v) is 4.15. The Bertz CT molecular complexity index is 734. The number of fused-ring (bicyclic) bond motifs is 1. The van der Waals surface area contributed by atoms with Crippen LogP contribution in [0.15, 0.2) is 18.2 Å². The fourth-order valence-electron chi connectivity index (χ4n) is 2.60. The standard InChI is InChI=1S/C16H20BClN2O3/c1-10(21)19-7-12-4-11-5-14(18)13(6-15(11)20-12)17-22-8-16(2,3)9-23-17/h4-6,20H,7-9H2,1-3H3,(H,19,21). The Labute approximate surface area is 140 Å². The zero-order valence-corrected chi connectivity index (χ0v) is 14.3. The third-order valence-electron chi connectivity index (χ3n) is 3.83. The van der Waals surface area contributed by atoms with Crippen LogP contribution in [0.4, 0.5) is 0 Å². The molecule has 2 heterocycles. The molecule has 1 aliphatic rings. The average molecular weight is 335 g/mol. The van der Waals surface area contributed by atoms with Crippen LogP contribution in [-0.2, 0) is 20.6 Å². The zero-order valence-electron chi connectivity index (χ0n) is 13.5. The minimum atomic E-state index is -0.443. The summed E-state index contributed by atoms with van der Waals surface area (Å²) < 4.78 is 11.6. The van der Waals surface area contributed by atoms with Gasteiger partial charge in [0.15, 0.2) is 0 Å². The highest BCUT2D eigenvalue weighted by Crippen LogP contribution is 2.24. The second kappa shape index (κ2) is 6.19. The molecule has 5 nitrogen and oxygen atoms in total. The van der Waals surface area contributed by atoms with E-state index in [4.69, 9.17) is 20.9 Å². The van der Waals surface area contributed by atoms with Gasteiger partial charge in [-0.15, -0.1) is 0 Å². The predicted octanol–water partition coefficient (Wildman–Crippen LogP) is 2.23. The van der Waals surface area contributed by atoms with Gasteiger partial charge >= 0.3 is 7.12 Å². The van der Waals surface area contributed by atoms with Gasteiger partial charge in [0.2, 0.25) is 5.91 Å². The number of hydrogen-bond donors (Lipinski definition) is 2. The number of halogens is 1. The molecule has 3 rings (SSSR count). The molecule has 7 heteroatoms. The molecule has 1 aromatic carbocycles. The highest BCUT2D eigenvalue weighted by atomic mass is 35.5. The number of carbonyl (C=O) groups is 1. The smallest absolute Gasteiger partial charge is 0.407 e. The van der Waals surface area contributed by atoms with E-state index in [-0.39, 0.29) is 11.3 Å². The molecule has 0 unspecified atom stereocenters. The number of aromatic amines is 1. The molecule has 0 spiro atoms. The minimum absolute atomic E-state index is 0.0189. The Balaban J connectivity index is 1.84. The Morgan fingerprint density at radius 3 is 2.70 bits per heavy atom. The number of aromatic nitrogens is 1. The number of hydrogen-bond acceptors (Lipinski definition) is 3. The van der Waals surface area contributed by atoms with E-state index in [0.717, 1.165) is 22.1 Å². The van der Waals surface area contributed by atoms with Gasteiger partial charge in [-0.3, -0.25) is 4.79 Å². The van der Waals surface area contributed by atoms with Crippen LogP contribution in [0.25, 0.3) is 10.9 Å². The Morgan fingerprint density at radius 1 is 1.35 bits per heavy atom. The van der Waals surface area contributed by atoms with E-state index >= 15 is 0 Å². The Hall–Kier alpha value is -1.50. The van der Waals surface area contributed by atoms with Crippen LogP contribution in [0.1, 0.15) is 26.5 Å². The van der Waals surface area contributed by atoms with Gasteiger partial charge in [0.1, 0.15) is 0 Å². The fraction of sp³-hybridized carbons (Fsp3) is 0.438. The molecule has 2 aromatic rings. The zero-order chi connectivity index (χ0) is 16.6. The first-order valence-corrected chi connectivity index (χ1v) is 8.00. The second-order valence-corrected chi connectivity index (χ2v) is 7.19. The van der Waals surface area contributed by atoms with Crippen LogP contribution in [0.2, 0.25) is 5.02 Å². The largest absolute Gasteiger partial charge is 0.495 e. The van der Waals surface area contributed by atoms with E-state index in [1.165, 1.54) is 6.92 Å². The van der Waals surface area contributed by atoms with Crippen LogP contribution < -0.4 is 10.8 Å². The van der Waals surface area contributed by atoms with Crippen LogP contribution in [0.3, 0.4) is 0 Å². The number of rotatable bonds is 3. The van der Waals surface area contributed by atoms with Crippen molar-refractivity contribution in [1.82, 2.24) is 10.3 Å². The van der Waals surface area contributed by atoms with E-state index in [2.05, 4.69) is 24.1 Å². The highest BCUT2D eigenvalue weighted by Gasteiger charge is 2.34. The van der Waals surface area contributed by atoms with Crippen molar-refractivity contribution in [3.8, 4) is 0 Å². The lowest BCUT2D eigenvalue weighted by molar-refractivity contribution is -0.119. The van der Waals surface area contributed by atoms with Gasteiger partial charge in [0.25, 0.3) is 0 Å². The Morgan fingerprint density at radius 2 is 2.04 bits per heavy atom. The van der Waals surface area contributed by atoms with E-state index in [0.29, 0.717) is 24.8 Å². The summed E-state index contributed by atoms with van der Waals surface area (Å²) >= 11 is 6.40. The van der Waals surface area contributed by atoms with Crippen molar-refractivity contribution < 1.29 is 14.1 Å². The SMILES string of the molecule is CC(=O)NCc1cc2cc(Cl)c(B3OCC(C)(C)CO3)cc2[nH]1. The fourth-order valence-corrected chi connectivity index (χ4v) is 2.86. The van der Waals surface area contributed by atoms with Gasteiger partial charge in [-0.25, -0.2) is 0 Å². The first-order chi connectivity index (χ1) is 10.8. The maximum Gasteiger partial charge on any atom is 0.495 e. The number of benzene rings is 1. The molecule has 1 aliphatic heterocycles. The van der Waals surface area contributed by atoms with Gasteiger partial charge in [0, 0.05) is 52.6 Å². The van der Waals surface area contributed by atoms with Gasteiger partial charge in [0.05, 0.1) is 6.54 Å². The van der Waals surface area contributed by atoms with Crippen molar-refractivity contribution in [2.45, 2.75) is 27.3 Å². The Kier molecular flexibility index (Phi) is 4.40. The molecule has 2 N–H and O–H groups in total. The van der Waals surface area contributed by atoms with Crippen LogP contribution in [0.5, 0.6) is 0 Å². The quantitative estimate of drug-likeness (QED) is 0.846. The number of H-pyrrole nitrogens is 1. The molecule has 0 aliphatic carbocycles. The van der Waals surface area contributed by atoms with E-state index in [9.17, 15) is 4.79 Å². The predicted molar refractivity (Wildman–Crippen MR) is 91.9 cm³/mol. The maximum absolute atomic E-state index is 11.0. The van der Waals surface area contributed by atoms with Crippen LogP contribution >= 0.6 is 11.6 Å². The molecule has 23 heavy (non-hydrogen) atoms. The second-order valence-electron chi connectivity index (χ2n) is 6.78. The molecule has 122 valence electrons. The normalized spacial score (nSPS) is 17.5. The molecule has 1 saturated heterocycles. The number of carbonyl (C=O) groups excluding carboxylic acids is 1. The monoisotopic (exact) mass is 334 g/mol. The molecular weight excluding hydrogens is 314 g/mol. The van der Waals surface area contributed by atoms with Gasteiger partial charge < -0.3 is 19.6 Å². The van der Waals surface area contributed by atoms with Crippen molar-refractivity contribution in [3.63, 3.8) is 0 Å². The van der Waals surface area contributed by atoms with Crippen molar-refractivity contribution in [2.75, 3.05) is 13.2 Å². The summed E-state index contributed by atoms with van der Waals surface area (Å²) in [4.78, 5) is 14.3. The number of nitrogens with one attached hydrogen (secondary N) is 2. The maximum atomic E-state index is 11.0. The van der Waals surface area contributed by atoms with Gasteiger partial charge in [-0.1, -0.05) is 25.4 Å². The van der Waals surface area contributed by atoms with Crippen molar-refractivity contribution in [2.24, 2.45) is 5.41 Å². The van der Waals surface area contributed by atoms with E-state index in [1.54, 1.807) is 0 Å². The van der Waals surface area contributed by atoms with Crippen LogP contribution in [0, 0.1) is 5.41 Å². The molecule has 1 aromatic heterocycles. The highest BCUT2D eigenvalue weighted by molar-refractivity contribution is 6.65. The lowest BCUT2D eigenvalue weighted by Crippen LogP contribution is -2.47. The summed E-state index contributed by atoms with van der Waals surface area (Å²) in [5.74, 6) is -0.0611. The number of amides is 1. The van der Waals surface area contributed by atoms with Gasteiger partial charge in [-0.05, 0) is 18.2 Å². The molecule has 0 saturated carbocycles. The molecule has 0 atom stereocenters. The van der Waals surface area contributed by atoms with Crippen molar-refractivity contribution >= 4 is 41.0 Å². The summed E-state index contributed by atoms with van der Waals surface area (Å²) in [6.07, 6.45) is 0. The van der Waals surface area contributed by atoms with E-state index in [1.807, 2.05) is 18.2 Å². The summed E-state index contributed by atoms with van der Waals surface area (Å²) in [6.45, 7) is 7.42. The molecule has 0 radical (unpaired) electrons. The lowest BCUT2D eigenvalue weighted by Gasteiger charge is -2.33. The molecule has 0 bridgehead atoms. The summed E-state index contributed by atoms with van der Waals surface area (Å²) in [5.41, 5.74) is 2.71.